The smallest absolute Gasteiger partial charge is 0.0998 e. The van der Waals surface area contributed by atoms with Crippen molar-refractivity contribution in [2.75, 3.05) is 0 Å². The van der Waals surface area contributed by atoms with Gasteiger partial charge in [0.15, 0.2) is 0 Å². The van der Waals surface area contributed by atoms with Gasteiger partial charge in [-0.1, -0.05) is 86.6 Å². The summed E-state index contributed by atoms with van der Waals surface area (Å²) in [6.07, 6.45) is 0. The van der Waals surface area contributed by atoms with E-state index >= 15 is 0 Å². The van der Waals surface area contributed by atoms with Crippen LogP contribution in [0.15, 0.2) is 84.9 Å². The van der Waals surface area contributed by atoms with Crippen LogP contribution in [-0.4, -0.2) is 0 Å². The lowest BCUT2D eigenvalue weighted by Gasteiger charge is -2.22. The van der Waals surface area contributed by atoms with Gasteiger partial charge in [0.05, 0.1) is 11.6 Å². The van der Waals surface area contributed by atoms with Crippen LogP contribution in [0.1, 0.15) is 36.1 Å². The van der Waals surface area contributed by atoms with Crippen molar-refractivity contribution in [1.29, 1.82) is 5.26 Å². The topological polar surface area (TPSA) is 23.8 Å². The van der Waals surface area contributed by atoms with Crippen LogP contribution in [-0.2, 0) is 5.41 Å². The third-order valence-corrected chi connectivity index (χ3v) is 6.49. The molecule has 1 heteroatoms. The SMILES string of the molecule is Cc1ccccc1-c1ccc(-c2ccc3c(c2)C(C)(C)c2cccc(C#N)c2-3)cc1. The Morgan fingerprint density at radius 3 is 2.10 bits per heavy atom. The van der Waals surface area contributed by atoms with E-state index in [1.165, 1.54) is 44.5 Å². The molecule has 0 saturated heterocycles. The lowest BCUT2D eigenvalue weighted by Crippen LogP contribution is -2.15. The van der Waals surface area contributed by atoms with Crippen molar-refractivity contribution in [1.82, 2.24) is 0 Å². The molecule has 0 amide bonds. The lowest BCUT2D eigenvalue weighted by molar-refractivity contribution is 0.660. The average Bonchev–Trinajstić information content (AvgIpc) is 3.01. The molecule has 0 saturated carbocycles. The number of benzene rings is 4. The zero-order valence-corrected chi connectivity index (χ0v) is 17.5. The molecule has 5 rings (SSSR count). The molecule has 0 spiro atoms. The first kappa shape index (κ1) is 18.4. The summed E-state index contributed by atoms with van der Waals surface area (Å²) in [5.74, 6) is 0. The molecule has 1 nitrogen and oxygen atoms in total. The Hall–Kier alpha value is -3.63. The van der Waals surface area contributed by atoms with Gasteiger partial charge in [0.1, 0.15) is 0 Å². The highest BCUT2D eigenvalue weighted by Crippen LogP contribution is 2.50. The minimum atomic E-state index is -0.116. The molecular formula is C29H23N. The van der Waals surface area contributed by atoms with Crippen molar-refractivity contribution in [2.24, 2.45) is 0 Å². The summed E-state index contributed by atoms with van der Waals surface area (Å²) < 4.78 is 0. The van der Waals surface area contributed by atoms with E-state index in [1.54, 1.807) is 0 Å². The Labute approximate surface area is 178 Å². The molecule has 0 bridgehead atoms. The summed E-state index contributed by atoms with van der Waals surface area (Å²) in [5, 5.41) is 9.62. The molecular weight excluding hydrogens is 362 g/mol. The van der Waals surface area contributed by atoms with Crippen LogP contribution >= 0.6 is 0 Å². The molecule has 1 aliphatic carbocycles. The van der Waals surface area contributed by atoms with Crippen LogP contribution in [0.2, 0.25) is 0 Å². The van der Waals surface area contributed by atoms with Gasteiger partial charge in [-0.15, -0.1) is 0 Å². The first-order valence-corrected chi connectivity index (χ1v) is 10.4. The third kappa shape index (κ3) is 2.69. The van der Waals surface area contributed by atoms with Gasteiger partial charge < -0.3 is 0 Å². The van der Waals surface area contributed by atoms with Gasteiger partial charge in [-0.2, -0.15) is 5.26 Å². The van der Waals surface area contributed by atoms with Crippen molar-refractivity contribution in [2.45, 2.75) is 26.2 Å². The molecule has 0 heterocycles. The molecule has 30 heavy (non-hydrogen) atoms. The fourth-order valence-corrected chi connectivity index (χ4v) is 4.80. The highest BCUT2D eigenvalue weighted by molar-refractivity contribution is 5.87. The maximum Gasteiger partial charge on any atom is 0.0998 e. The van der Waals surface area contributed by atoms with Crippen LogP contribution in [0, 0.1) is 18.3 Å². The zero-order chi connectivity index (χ0) is 20.9. The van der Waals surface area contributed by atoms with Gasteiger partial charge in [0.25, 0.3) is 0 Å². The van der Waals surface area contributed by atoms with Gasteiger partial charge in [0.2, 0.25) is 0 Å². The Balaban J connectivity index is 1.58. The molecule has 4 aromatic rings. The van der Waals surface area contributed by atoms with E-state index in [-0.39, 0.29) is 5.41 Å². The van der Waals surface area contributed by atoms with Crippen molar-refractivity contribution in [3.63, 3.8) is 0 Å². The Morgan fingerprint density at radius 1 is 0.667 bits per heavy atom. The first-order valence-electron chi connectivity index (χ1n) is 10.4. The van der Waals surface area contributed by atoms with Crippen LogP contribution in [0.4, 0.5) is 0 Å². The second-order valence-corrected chi connectivity index (χ2v) is 8.62. The quantitative estimate of drug-likeness (QED) is 0.350. The van der Waals surface area contributed by atoms with E-state index in [2.05, 4.69) is 99.6 Å². The average molecular weight is 386 g/mol. The highest BCUT2D eigenvalue weighted by Gasteiger charge is 2.36. The number of hydrogen-bond donors (Lipinski definition) is 0. The van der Waals surface area contributed by atoms with Gasteiger partial charge in [-0.25, -0.2) is 0 Å². The van der Waals surface area contributed by atoms with E-state index in [1.807, 2.05) is 12.1 Å². The fourth-order valence-electron chi connectivity index (χ4n) is 4.80. The maximum absolute atomic E-state index is 9.62. The minimum Gasteiger partial charge on any atom is -0.192 e. The van der Waals surface area contributed by atoms with Crippen molar-refractivity contribution in [3.05, 3.63) is 107 Å². The molecule has 0 aliphatic heterocycles. The molecule has 0 fully saturated rings. The predicted molar refractivity (Wildman–Crippen MR) is 124 cm³/mol. The van der Waals surface area contributed by atoms with Crippen LogP contribution in [0.5, 0.6) is 0 Å². The summed E-state index contributed by atoms with van der Waals surface area (Å²) in [7, 11) is 0. The van der Waals surface area contributed by atoms with Gasteiger partial charge in [-0.3, -0.25) is 0 Å². The number of hydrogen-bond acceptors (Lipinski definition) is 1. The summed E-state index contributed by atoms with van der Waals surface area (Å²) in [5.41, 5.74) is 11.7. The second kappa shape index (κ2) is 6.71. The second-order valence-electron chi connectivity index (χ2n) is 8.62. The molecule has 1 aliphatic rings. The van der Waals surface area contributed by atoms with Gasteiger partial charge in [0, 0.05) is 11.0 Å². The van der Waals surface area contributed by atoms with Crippen LogP contribution in [0.3, 0.4) is 0 Å². The number of nitrogens with zero attached hydrogens (tertiary/aromatic N) is 1. The zero-order valence-electron chi connectivity index (χ0n) is 17.5. The predicted octanol–water partition coefficient (Wildman–Crippen LogP) is 7.51. The van der Waals surface area contributed by atoms with E-state index in [9.17, 15) is 5.26 Å². The number of rotatable bonds is 2. The van der Waals surface area contributed by atoms with E-state index in [0.717, 1.165) is 11.1 Å². The monoisotopic (exact) mass is 385 g/mol. The summed E-state index contributed by atoms with van der Waals surface area (Å²) >= 11 is 0. The van der Waals surface area contributed by atoms with Crippen LogP contribution < -0.4 is 0 Å². The first-order chi connectivity index (χ1) is 14.5. The van der Waals surface area contributed by atoms with Gasteiger partial charge in [-0.05, 0) is 63.6 Å². The van der Waals surface area contributed by atoms with Crippen molar-refractivity contribution in [3.8, 4) is 39.4 Å². The number of fused-ring (bicyclic) bond motifs is 3. The highest BCUT2D eigenvalue weighted by atomic mass is 14.4. The molecule has 0 atom stereocenters. The van der Waals surface area contributed by atoms with Crippen molar-refractivity contribution >= 4 is 0 Å². The third-order valence-electron chi connectivity index (χ3n) is 6.49. The molecule has 0 N–H and O–H groups in total. The molecule has 144 valence electrons. The van der Waals surface area contributed by atoms with E-state index in [4.69, 9.17) is 0 Å². The Bertz CT molecular complexity index is 1320. The van der Waals surface area contributed by atoms with Gasteiger partial charge >= 0.3 is 0 Å². The Morgan fingerprint density at radius 2 is 1.37 bits per heavy atom. The minimum absolute atomic E-state index is 0.116. The van der Waals surface area contributed by atoms with Crippen LogP contribution in [0.25, 0.3) is 33.4 Å². The lowest BCUT2D eigenvalue weighted by atomic mass is 9.81. The standard InChI is InChI=1S/C29H23N/c1-19-7-4-5-9-24(19)21-13-11-20(12-14-21)22-15-16-25-27(17-22)29(2,3)26-10-6-8-23(18-30)28(25)26/h4-17H,1-3H3. The molecule has 0 unspecified atom stereocenters. The Kier molecular flexibility index (Phi) is 4.12. The summed E-state index contributed by atoms with van der Waals surface area (Å²) in [4.78, 5) is 0. The fraction of sp³-hybridized carbons (Fsp3) is 0.138. The summed E-state index contributed by atoms with van der Waals surface area (Å²) in [6, 6.07) is 32.5. The maximum atomic E-state index is 9.62. The normalized spacial score (nSPS) is 13.4. The molecule has 0 radical (unpaired) electrons. The number of nitriles is 1. The van der Waals surface area contributed by atoms with E-state index < -0.39 is 0 Å². The van der Waals surface area contributed by atoms with E-state index in [0.29, 0.717) is 0 Å². The largest absolute Gasteiger partial charge is 0.192 e. The molecule has 0 aromatic heterocycles. The number of aryl methyl sites for hydroxylation is 1. The summed E-state index contributed by atoms with van der Waals surface area (Å²) in [6.45, 7) is 6.66. The van der Waals surface area contributed by atoms with Crippen molar-refractivity contribution < 1.29 is 0 Å². The molecule has 4 aromatic carbocycles.